The van der Waals surface area contributed by atoms with Crippen molar-refractivity contribution in [2.24, 2.45) is 0 Å². The van der Waals surface area contributed by atoms with Crippen LogP contribution < -0.4 is 5.73 Å². The van der Waals surface area contributed by atoms with Crippen molar-refractivity contribution in [1.29, 1.82) is 0 Å². The molecule has 0 spiro atoms. The third-order valence-corrected chi connectivity index (χ3v) is 3.70. The van der Waals surface area contributed by atoms with E-state index >= 15 is 0 Å². The zero-order valence-corrected chi connectivity index (χ0v) is 11.0. The van der Waals surface area contributed by atoms with Crippen LogP contribution in [0, 0.1) is 6.92 Å². The first-order chi connectivity index (χ1) is 8.72. The molecule has 3 aromatic heterocycles. The molecule has 5 nitrogen and oxygen atoms in total. The Bertz CT molecular complexity index is 693. The van der Waals surface area contributed by atoms with Crippen molar-refractivity contribution in [3.63, 3.8) is 0 Å². The second-order valence-corrected chi connectivity index (χ2v) is 4.84. The molecular weight excluding hydrogens is 246 g/mol. The van der Waals surface area contributed by atoms with E-state index < -0.39 is 0 Å². The molecule has 0 bridgehead atoms. The third-order valence-electron chi connectivity index (χ3n) is 2.93. The number of nitrogens with two attached hydrogens (primary N) is 1. The Balaban J connectivity index is 2.36. The van der Waals surface area contributed by atoms with Gasteiger partial charge in [-0.2, -0.15) is 4.37 Å². The zero-order valence-electron chi connectivity index (χ0n) is 10.2. The number of nitrogen functional groups attached to an aromatic ring is 1. The van der Waals surface area contributed by atoms with Crippen LogP contribution in [0.25, 0.3) is 22.6 Å². The number of rotatable bonds is 2. The van der Waals surface area contributed by atoms with Crippen LogP contribution in [0.2, 0.25) is 0 Å². The fourth-order valence-electron chi connectivity index (χ4n) is 2.11. The van der Waals surface area contributed by atoms with E-state index in [0.717, 1.165) is 34.8 Å². The molecule has 92 valence electrons. The van der Waals surface area contributed by atoms with Gasteiger partial charge in [-0.3, -0.25) is 0 Å². The van der Waals surface area contributed by atoms with Crippen molar-refractivity contribution in [2.45, 2.75) is 20.4 Å². The predicted octanol–water partition coefficient (Wildman–Crippen LogP) is 2.47. The number of pyridine rings is 1. The summed E-state index contributed by atoms with van der Waals surface area (Å²) in [7, 11) is 0. The molecule has 0 aromatic carbocycles. The Morgan fingerprint density at radius 3 is 2.94 bits per heavy atom. The maximum absolute atomic E-state index is 6.00. The van der Waals surface area contributed by atoms with Crippen LogP contribution >= 0.6 is 11.5 Å². The van der Waals surface area contributed by atoms with Crippen molar-refractivity contribution >= 4 is 27.7 Å². The summed E-state index contributed by atoms with van der Waals surface area (Å²) in [4.78, 5) is 9.02. The zero-order chi connectivity index (χ0) is 12.7. The number of anilines is 1. The summed E-state index contributed by atoms with van der Waals surface area (Å²) in [6, 6.07) is 3.85. The molecule has 3 aromatic rings. The molecule has 0 fully saturated rings. The quantitative estimate of drug-likeness (QED) is 0.767. The Morgan fingerprint density at radius 1 is 1.44 bits per heavy atom. The molecule has 3 rings (SSSR count). The topological polar surface area (TPSA) is 69.6 Å². The number of fused-ring (bicyclic) bond motifs is 1. The minimum atomic E-state index is 0.706. The largest absolute Gasteiger partial charge is 0.389 e. The SMILES string of the molecule is CCn1c(-c2c(C)nsc2N)nc2cccnc21. The van der Waals surface area contributed by atoms with Crippen LogP contribution in [0.15, 0.2) is 18.3 Å². The Kier molecular flexibility index (Phi) is 2.52. The molecule has 0 radical (unpaired) electrons. The Labute approximate surface area is 108 Å². The number of aromatic nitrogens is 4. The summed E-state index contributed by atoms with van der Waals surface area (Å²) in [5.74, 6) is 0.856. The second kappa shape index (κ2) is 4.06. The lowest BCUT2D eigenvalue weighted by molar-refractivity contribution is 0.787. The average molecular weight is 259 g/mol. The van der Waals surface area contributed by atoms with Gasteiger partial charge in [0.05, 0.1) is 11.3 Å². The second-order valence-electron chi connectivity index (χ2n) is 4.03. The molecule has 0 unspecified atom stereocenters. The number of nitrogens with zero attached hydrogens (tertiary/aromatic N) is 4. The first-order valence-corrected chi connectivity index (χ1v) is 6.53. The molecule has 0 aliphatic rings. The fraction of sp³-hybridized carbons (Fsp3) is 0.250. The number of aryl methyl sites for hydroxylation is 2. The summed E-state index contributed by atoms with van der Waals surface area (Å²) in [5.41, 5.74) is 9.63. The monoisotopic (exact) mass is 259 g/mol. The highest BCUT2D eigenvalue weighted by Crippen LogP contribution is 2.33. The van der Waals surface area contributed by atoms with Gasteiger partial charge in [0, 0.05) is 12.7 Å². The van der Waals surface area contributed by atoms with Gasteiger partial charge in [-0.25, -0.2) is 9.97 Å². The molecular formula is C12H13N5S. The highest BCUT2D eigenvalue weighted by atomic mass is 32.1. The highest BCUT2D eigenvalue weighted by Gasteiger charge is 2.18. The van der Waals surface area contributed by atoms with Crippen LogP contribution in [0.4, 0.5) is 5.00 Å². The molecule has 0 saturated carbocycles. The minimum Gasteiger partial charge on any atom is -0.389 e. The summed E-state index contributed by atoms with van der Waals surface area (Å²) in [6.07, 6.45) is 1.78. The summed E-state index contributed by atoms with van der Waals surface area (Å²) in [6.45, 7) is 4.83. The van der Waals surface area contributed by atoms with Gasteiger partial charge >= 0.3 is 0 Å². The fourth-order valence-corrected chi connectivity index (χ4v) is 2.76. The van der Waals surface area contributed by atoms with Gasteiger partial charge < -0.3 is 10.3 Å². The van der Waals surface area contributed by atoms with E-state index in [4.69, 9.17) is 5.73 Å². The smallest absolute Gasteiger partial charge is 0.160 e. The van der Waals surface area contributed by atoms with E-state index in [1.165, 1.54) is 11.5 Å². The minimum absolute atomic E-state index is 0.706. The van der Waals surface area contributed by atoms with Crippen LogP contribution in [0.3, 0.4) is 0 Å². The number of hydrogen-bond donors (Lipinski definition) is 1. The van der Waals surface area contributed by atoms with Crippen molar-refractivity contribution in [3.05, 3.63) is 24.0 Å². The van der Waals surface area contributed by atoms with Crippen LogP contribution in [0.1, 0.15) is 12.6 Å². The predicted molar refractivity (Wildman–Crippen MR) is 73.5 cm³/mol. The van der Waals surface area contributed by atoms with Gasteiger partial charge in [0.2, 0.25) is 0 Å². The van der Waals surface area contributed by atoms with E-state index in [9.17, 15) is 0 Å². The molecule has 0 saturated heterocycles. The van der Waals surface area contributed by atoms with Gasteiger partial charge in [0.1, 0.15) is 16.3 Å². The van der Waals surface area contributed by atoms with E-state index in [1.54, 1.807) is 6.20 Å². The molecule has 0 aliphatic heterocycles. The standard InChI is InChI=1S/C12H13N5S/c1-3-17-11-8(5-4-6-14-11)15-12(17)9-7(2)16-18-10(9)13/h4-6H,3,13H2,1-2H3. The Morgan fingerprint density at radius 2 is 2.28 bits per heavy atom. The molecule has 2 N–H and O–H groups in total. The molecule has 6 heteroatoms. The lowest BCUT2D eigenvalue weighted by Crippen LogP contribution is -2.00. The normalized spacial score (nSPS) is 11.2. The van der Waals surface area contributed by atoms with Crippen LogP contribution in [0.5, 0.6) is 0 Å². The molecule has 0 atom stereocenters. The van der Waals surface area contributed by atoms with Gasteiger partial charge in [0.15, 0.2) is 5.65 Å². The van der Waals surface area contributed by atoms with E-state index in [2.05, 4.69) is 25.8 Å². The lowest BCUT2D eigenvalue weighted by Gasteiger charge is -2.05. The summed E-state index contributed by atoms with van der Waals surface area (Å²) >= 11 is 1.31. The lowest BCUT2D eigenvalue weighted by atomic mass is 10.2. The molecule has 3 heterocycles. The van der Waals surface area contributed by atoms with E-state index in [1.807, 2.05) is 19.1 Å². The molecule has 0 amide bonds. The third kappa shape index (κ3) is 1.49. The van der Waals surface area contributed by atoms with Gasteiger partial charge in [0.25, 0.3) is 0 Å². The van der Waals surface area contributed by atoms with Gasteiger partial charge in [-0.1, -0.05) is 0 Å². The molecule has 18 heavy (non-hydrogen) atoms. The van der Waals surface area contributed by atoms with Crippen LogP contribution in [-0.2, 0) is 6.54 Å². The van der Waals surface area contributed by atoms with E-state index in [0.29, 0.717) is 5.00 Å². The maximum Gasteiger partial charge on any atom is 0.160 e. The van der Waals surface area contributed by atoms with Crippen molar-refractivity contribution < 1.29 is 0 Å². The van der Waals surface area contributed by atoms with Crippen molar-refractivity contribution in [1.82, 2.24) is 18.9 Å². The summed E-state index contributed by atoms with van der Waals surface area (Å²) in [5, 5.41) is 0.706. The maximum atomic E-state index is 6.00. The number of hydrogen-bond acceptors (Lipinski definition) is 5. The number of imidazole rings is 1. The highest BCUT2D eigenvalue weighted by molar-refractivity contribution is 7.10. The van der Waals surface area contributed by atoms with Crippen molar-refractivity contribution in [3.8, 4) is 11.4 Å². The van der Waals surface area contributed by atoms with Gasteiger partial charge in [-0.15, -0.1) is 0 Å². The first kappa shape index (κ1) is 11.2. The Hall–Kier alpha value is -1.95. The summed E-state index contributed by atoms with van der Waals surface area (Å²) < 4.78 is 6.35. The van der Waals surface area contributed by atoms with E-state index in [-0.39, 0.29) is 0 Å². The first-order valence-electron chi connectivity index (χ1n) is 5.75. The average Bonchev–Trinajstić information content (AvgIpc) is 2.89. The van der Waals surface area contributed by atoms with Gasteiger partial charge in [-0.05, 0) is 37.5 Å². The molecule has 0 aliphatic carbocycles. The van der Waals surface area contributed by atoms with Crippen molar-refractivity contribution in [2.75, 3.05) is 5.73 Å². The van der Waals surface area contributed by atoms with Crippen LogP contribution in [-0.4, -0.2) is 18.9 Å².